The van der Waals surface area contributed by atoms with E-state index in [4.69, 9.17) is 4.74 Å². The van der Waals surface area contributed by atoms with Crippen molar-refractivity contribution in [3.63, 3.8) is 0 Å². The molecule has 0 fully saturated rings. The summed E-state index contributed by atoms with van der Waals surface area (Å²) in [5.41, 5.74) is 1.93. The molecule has 0 saturated carbocycles. The smallest absolute Gasteiger partial charge is 0.407 e. The lowest BCUT2D eigenvalue weighted by atomic mass is 9.82. The molecule has 6 heteroatoms. The van der Waals surface area contributed by atoms with Crippen LogP contribution in [0.25, 0.3) is 0 Å². The van der Waals surface area contributed by atoms with Gasteiger partial charge in [-0.05, 0) is 51.0 Å². The predicted molar refractivity (Wildman–Crippen MR) is 90.7 cm³/mol. The number of nitrogens with zero attached hydrogens (tertiary/aromatic N) is 2. The van der Waals surface area contributed by atoms with Crippen LogP contribution in [-0.2, 0) is 11.2 Å². The number of hydrogen-bond donors (Lipinski definition) is 2. The summed E-state index contributed by atoms with van der Waals surface area (Å²) in [4.78, 5) is 20.5. The van der Waals surface area contributed by atoms with Crippen LogP contribution in [0.5, 0.6) is 0 Å². The Morgan fingerprint density at radius 3 is 2.78 bits per heavy atom. The minimum absolute atomic E-state index is 0.409. The van der Waals surface area contributed by atoms with Gasteiger partial charge in [0.2, 0.25) is 5.95 Å². The van der Waals surface area contributed by atoms with Crippen LogP contribution in [-0.4, -0.2) is 34.8 Å². The van der Waals surface area contributed by atoms with E-state index in [0.717, 1.165) is 12.1 Å². The Balaban J connectivity index is 1.81. The fraction of sp³-hybridized carbons (Fsp3) is 0.706. The quantitative estimate of drug-likeness (QED) is 0.834. The molecule has 0 radical (unpaired) electrons. The SMILES string of the molecule is CC1Cc2nc(NCCNC(=O)OC(C)(C)C)ncc2C(C)C1. The fourth-order valence-electron chi connectivity index (χ4n) is 2.88. The van der Waals surface area contributed by atoms with E-state index in [-0.39, 0.29) is 0 Å². The maximum absolute atomic E-state index is 11.5. The van der Waals surface area contributed by atoms with Crippen molar-refractivity contribution in [2.75, 3.05) is 18.4 Å². The number of carbonyl (C=O) groups excluding carboxylic acids is 1. The molecule has 0 aliphatic heterocycles. The molecule has 0 spiro atoms. The second-order valence-electron chi connectivity index (χ2n) is 7.40. The molecule has 1 aromatic rings. The fourth-order valence-corrected chi connectivity index (χ4v) is 2.88. The Morgan fingerprint density at radius 2 is 2.09 bits per heavy atom. The molecule has 1 aliphatic rings. The molecule has 1 heterocycles. The van der Waals surface area contributed by atoms with Crippen molar-refractivity contribution in [3.8, 4) is 0 Å². The molecular weight excluding hydrogens is 292 g/mol. The van der Waals surface area contributed by atoms with Gasteiger partial charge in [0, 0.05) is 25.0 Å². The molecule has 2 unspecified atom stereocenters. The monoisotopic (exact) mass is 320 g/mol. The number of aromatic nitrogens is 2. The number of ether oxygens (including phenoxy) is 1. The third-order valence-corrected chi connectivity index (χ3v) is 3.80. The number of carbonyl (C=O) groups is 1. The highest BCUT2D eigenvalue weighted by Gasteiger charge is 2.23. The molecule has 1 amide bonds. The van der Waals surface area contributed by atoms with Crippen molar-refractivity contribution >= 4 is 12.0 Å². The zero-order valence-corrected chi connectivity index (χ0v) is 14.8. The third-order valence-electron chi connectivity index (χ3n) is 3.80. The van der Waals surface area contributed by atoms with E-state index in [9.17, 15) is 4.79 Å². The molecule has 128 valence electrons. The maximum Gasteiger partial charge on any atom is 0.407 e. The van der Waals surface area contributed by atoms with Crippen LogP contribution >= 0.6 is 0 Å². The second kappa shape index (κ2) is 7.15. The van der Waals surface area contributed by atoms with Crippen LogP contribution in [0.15, 0.2) is 6.20 Å². The van der Waals surface area contributed by atoms with Gasteiger partial charge in [0.25, 0.3) is 0 Å². The Hall–Kier alpha value is -1.85. The van der Waals surface area contributed by atoms with Crippen molar-refractivity contribution in [2.45, 2.75) is 59.0 Å². The van der Waals surface area contributed by atoms with E-state index in [1.165, 1.54) is 12.0 Å². The first kappa shape index (κ1) is 17.5. The lowest BCUT2D eigenvalue weighted by Crippen LogP contribution is -2.35. The molecule has 2 N–H and O–H groups in total. The number of fused-ring (bicyclic) bond motifs is 1. The number of rotatable bonds is 4. The summed E-state index contributed by atoms with van der Waals surface area (Å²) in [7, 11) is 0. The normalized spacial score (nSPS) is 20.6. The number of hydrogen-bond acceptors (Lipinski definition) is 5. The van der Waals surface area contributed by atoms with E-state index in [2.05, 4.69) is 34.4 Å². The van der Waals surface area contributed by atoms with Crippen LogP contribution in [0.3, 0.4) is 0 Å². The Morgan fingerprint density at radius 1 is 1.35 bits per heavy atom. The summed E-state index contributed by atoms with van der Waals surface area (Å²) in [5.74, 6) is 1.81. The van der Waals surface area contributed by atoms with Crippen LogP contribution in [0, 0.1) is 5.92 Å². The van der Waals surface area contributed by atoms with E-state index in [1.807, 2.05) is 27.0 Å². The van der Waals surface area contributed by atoms with Crippen molar-refractivity contribution in [1.29, 1.82) is 0 Å². The van der Waals surface area contributed by atoms with Crippen LogP contribution in [0.1, 0.15) is 58.2 Å². The van der Waals surface area contributed by atoms with Gasteiger partial charge in [-0.3, -0.25) is 0 Å². The average molecular weight is 320 g/mol. The van der Waals surface area contributed by atoms with Gasteiger partial charge in [-0.25, -0.2) is 14.8 Å². The number of nitrogens with one attached hydrogen (secondary N) is 2. The van der Waals surface area contributed by atoms with Gasteiger partial charge in [-0.1, -0.05) is 13.8 Å². The van der Waals surface area contributed by atoms with Crippen molar-refractivity contribution in [1.82, 2.24) is 15.3 Å². The molecule has 2 rings (SSSR count). The zero-order valence-electron chi connectivity index (χ0n) is 14.8. The van der Waals surface area contributed by atoms with Crippen LogP contribution in [0.4, 0.5) is 10.7 Å². The molecule has 0 bridgehead atoms. The molecule has 0 aromatic carbocycles. The molecule has 0 saturated heterocycles. The topological polar surface area (TPSA) is 76.1 Å². The summed E-state index contributed by atoms with van der Waals surface area (Å²) >= 11 is 0. The summed E-state index contributed by atoms with van der Waals surface area (Å²) < 4.78 is 5.18. The first-order chi connectivity index (χ1) is 10.7. The molecule has 6 nitrogen and oxygen atoms in total. The standard InChI is InChI=1S/C17H28N4O2/c1-11-8-12(2)13-10-20-15(21-14(13)9-11)18-6-7-19-16(22)23-17(3,4)5/h10-12H,6-9H2,1-5H3,(H,19,22)(H,18,20,21). The minimum Gasteiger partial charge on any atom is -0.444 e. The van der Waals surface area contributed by atoms with Gasteiger partial charge in [0.05, 0.1) is 0 Å². The first-order valence-electron chi connectivity index (χ1n) is 8.31. The van der Waals surface area contributed by atoms with Crippen molar-refractivity contribution < 1.29 is 9.53 Å². The van der Waals surface area contributed by atoms with Gasteiger partial charge in [0.15, 0.2) is 0 Å². The predicted octanol–water partition coefficient (Wildman–Crippen LogP) is 3.10. The lowest BCUT2D eigenvalue weighted by Gasteiger charge is -2.26. The van der Waals surface area contributed by atoms with Gasteiger partial charge >= 0.3 is 6.09 Å². The number of alkyl carbamates (subject to hydrolysis) is 1. The molecular formula is C17H28N4O2. The molecule has 1 aliphatic carbocycles. The highest BCUT2D eigenvalue weighted by Crippen LogP contribution is 2.33. The number of amides is 1. The van der Waals surface area contributed by atoms with Crippen molar-refractivity contribution in [2.24, 2.45) is 5.92 Å². The minimum atomic E-state index is -0.480. The van der Waals surface area contributed by atoms with E-state index >= 15 is 0 Å². The Bertz CT molecular complexity index is 554. The first-order valence-corrected chi connectivity index (χ1v) is 8.31. The maximum atomic E-state index is 11.5. The largest absolute Gasteiger partial charge is 0.444 e. The van der Waals surface area contributed by atoms with Gasteiger partial charge < -0.3 is 15.4 Å². The molecule has 23 heavy (non-hydrogen) atoms. The van der Waals surface area contributed by atoms with E-state index in [1.54, 1.807) is 0 Å². The second-order valence-corrected chi connectivity index (χ2v) is 7.40. The lowest BCUT2D eigenvalue weighted by molar-refractivity contribution is 0.0530. The zero-order chi connectivity index (χ0) is 17.0. The van der Waals surface area contributed by atoms with E-state index in [0.29, 0.717) is 30.9 Å². The van der Waals surface area contributed by atoms with Crippen LogP contribution in [0.2, 0.25) is 0 Å². The summed E-state index contributed by atoms with van der Waals surface area (Å²) in [6.07, 6.45) is 3.73. The summed E-state index contributed by atoms with van der Waals surface area (Å²) in [6, 6.07) is 0. The number of anilines is 1. The third kappa shape index (κ3) is 5.37. The Kier molecular flexibility index (Phi) is 5.44. The average Bonchev–Trinajstić information content (AvgIpc) is 2.41. The Labute approximate surface area is 138 Å². The highest BCUT2D eigenvalue weighted by atomic mass is 16.6. The van der Waals surface area contributed by atoms with Gasteiger partial charge in [-0.15, -0.1) is 0 Å². The van der Waals surface area contributed by atoms with E-state index < -0.39 is 11.7 Å². The van der Waals surface area contributed by atoms with Gasteiger partial charge in [-0.2, -0.15) is 0 Å². The molecule has 2 atom stereocenters. The van der Waals surface area contributed by atoms with Crippen molar-refractivity contribution in [3.05, 3.63) is 17.5 Å². The van der Waals surface area contributed by atoms with Crippen LogP contribution < -0.4 is 10.6 Å². The molecule has 1 aromatic heterocycles. The van der Waals surface area contributed by atoms with Gasteiger partial charge in [0.1, 0.15) is 5.60 Å². The summed E-state index contributed by atoms with van der Waals surface area (Å²) in [6.45, 7) is 11.0. The highest BCUT2D eigenvalue weighted by molar-refractivity contribution is 5.67. The summed E-state index contributed by atoms with van der Waals surface area (Å²) in [5, 5.41) is 5.86.